The van der Waals surface area contributed by atoms with Crippen molar-refractivity contribution in [1.82, 2.24) is 4.90 Å². The van der Waals surface area contributed by atoms with E-state index in [4.69, 9.17) is 9.16 Å². The molecule has 1 aliphatic heterocycles. The van der Waals surface area contributed by atoms with Crippen LogP contribution in [0.1, 0.15) is 66.7 Å². The monoisotopic (exact) mass is 383 g/mol. The van der Waals surface area contributed by atoms with Gasteiger partial charge in [-0.05, 0) is 42.8 Å². The van der Waals surface area contributed by atoms with Crippen molar-refractivity contribution in [2.24, 2.45) is 11.8 Å². The fourth-order valence-electron chi connectivity index (χ4n) is 4.33. The standard InChI is InChI=1S/C20H37NO4Si/c1-6-26(7-2,8-3)25-18-17(16-12-10-9-11-13-16)21(19(18)22)20(23)24-14-15(4)5/h15-18H,6-14H2,1-5H3. The molecule has 0 radical (unpaired) electrons. The molecule has 150 valence electrons. The van der Waals surface area contributed by atoms with Crippen LogP contribution in [0.3, 0.4) is 0 Å². The normalized spacial score (nSPS) is 24.7. The average Bonchev–Trinajstić information content (AvgIpc) is 2.66. The van der Waals surface area contributed by atoms with E-state index in [1.54, 1.807) is 0 Å². The molecule has 2 unspecified atom stereocenters. The summed E-state index contributed by atoms with van der Waals surface area (Å²) in [5, 5.41) is 0. The Morgan fingerprint density at radius 3 is 2.19 bits per heavy atom. The molecule has 1 saturated heterocycles. The summed E-state index contributed by atoms with van der Waals surface area (Å²) in [6, 6.07) is 2.91. The smallest absolute Gasteiger partial charge is 0.416 e. The molecule has 6 heteroatoms. The van der Waals surface area contributed by atoms with Crippen LogP contribution in [0.2, 0.25) is 18.1 Å². The van der Waals surface area contributed by atoms with Crippen LogP contribution >= 0.6 is 0 Å². The summed E-state index contributed by atoms with van der Waals surface area (Å²) in [7, 11) is -1.90. The molecule has 2 rings (SSSR count). The van der Waals surface area contributed by atoms with E-state index in [9.17, 15) is 9.59 Å². The van der Waals surface area contributed by atoms with Crippen LogP contribution in [0.4, 0.5) is 4.79 Å². The van der Waals surface area contributed by atoms with Gasteiger partial charge in [0.05, 0.1) is 12.6 Å². The topological polar surface area (TPSA) is 55.8 Å². The molecule has 2 fully saturated rings. The summed E-state index contributed by atoms with van der Waals surface area (Å²) in [5.41, 5.74) is 0. The van der Waals surface area contributed by atoms with Gasteiger partial charge in [0, 0.05) is 0 Å². The van der Waals surface area contributed by atoms with Crippen LogP contribution in [0.15, 0.2) is 0 Å². The highest BCUT2D eigenvalue weighted by molar-refractivity contribution is 6.73. The molecule has 0 bridgehead atoms. The van der Waals surface area contributed by atoms with E-state index in [0.29, 0.717) is 12.5 Å². The van der Waals surface area contributed by atoms with Crippen LogP contribution in [0.25, 0.3) is 0 Å². The van der Waals surface area contributed by atoms with E-state index in [0.717, 1.165) is 31.0 Å². The number of imide groups is 1. The first-order chi connectivity index (χ1) is 12.4. The number of nitrogens with zero attached hydrogens (tertiary/aromatic N) is 1. The van der Waals surface area contributed by atoms with Crippen LogP contribution in [0.5, 0.6) is 0 Å². The summed E-state index contributed by atoms with van der Waals surface area (Å²) in [4.78, 5) is 26.8. The van der Waals surface area contributed by atoms with E-state index in [-0.39, 0.29) is 17.9 Å². The maximum atomic E-state index is 12.8. The molecule has 1 aliphatic carbocycles. The lowest BCUT2D eigenvalue weighted by molar-refractivity contribution is -0.165. The summed E-state index contributed by atoms with van der Waals surface area (Å²) in [5.74, 6) is 0.438. The molecule has 0 aromatic carbocycles. The average molecular weight is 384 g/mol. The van der Waals surface area contributed by atoms with Gasteiger partial charge in [-0.25, -0.2) is 9.69 Å². The molecular formula is C20H37NO4Si. The maximum Gasteiger partial charge on any atom is 0.416 e. The fourth-order valence-corrected chi connectivity index (χ4v) is 7.10. The molecule has 2 aliphatic rings. The minimum Gasteiger partial charge on any atom is -0.449 e. The number of likely N-dealkylation sites (tertiary alicyclic amines) is 1. The minimum atomic E-state index is -1.90. The first-order valence-corrected chi connectivity index (χ1v) is 13.1. The zero-order chi connectivity index (χ0) is 19.3. The van der Waals surface area contributed by atoms with Crippen molar-refractivity contribution in [2.45, 2.75) is 97.0 Å². The van der Waals surface area contributed by atoms with E-state index >= 15 is 0 Å². The van der Waals surface area contributed by atoms with Gasteiger partial charge in [0.15, 0.2) is 8.32 Å². The van der Waals surface area contributed by atoms with Crippen LogP contribution in [-0.4, -0.2) is 44.0 Å². The van der Waals surface area contributed by atoms with Crippen molar-refractivity contribution >= 4 is 20.3 Å². The van der Waals surface area contributed by atoms with Gasteiger partial charge in [-0.2, -0.15) is 0 Å². The third kappa shape index (κ3) is 4.50. The number of carbonyl (C=O) groups excluding carboxylic acids is 2. The Morgan fingerprint density at radius 2 is 1.69 bits per heavy atom. The van der Waals surface area contributed by atoms with Crippen molar-refractivity contribution in [3.05, 3.63) is 0 Å². The number of hydrogen-bond acceptors (Lipinski definition) is 4. The minimum absolute atomic E-state index is 0.126. The summed E-state index contributed by atoms with van der Waals surface area (Å²) in [6.07, 6.45) is 4.84. The quantitative estimate of drug-likeness (QED) is 0.439. The highest BCUT2D eigenvalue weighted by Crippen LogP contribution is 2.40. The summed E-state index contributed by atoms with van der Waals surface area (Å²) >= 11 is 0. The first kappa shape index (κ1) is 21.4. The third-order valence-electron chi connectivity index (χ3n) is 6.27. The van der Waals surface area contributed by atoms with E-state index in [2.05, 4.69) is 20.8 Å². The van der Waals surface area contributed by atoms with Gasteiger partial charge in [-0.1, -0.05) is 53.9 Å². The Hall–Kier alpha value is -0.883. The lowest BCUT2D eigenvalue weighted by atomic mass is 9.77. The second-order valence-corrected chi connectivity index (χ2v) is 13.1. The largest absolute Gasteiger partial charge is 0.449 e. The Morgan fingerprint density at radius 1 is 1.12 bits per heavy atom. The molecule has 2 atom stereocenters. The molecule has 0 N–H and O–H groups in total. The van der Waals surface area contributed by atoms with Crippen molar-refractivity contribution in [2.75, 3.05) is 6.61 Å². The number of ether oxygens (including phenoxy) is 1. The Bertz CT molecular complexity index is 478. The van der Waals surface area contributed by atoms with Crippen LogP contribution in [0, 0.1) is 11.8 Å². The highest BCUT2D eigenvalue weighted by atomic mass is 28.4. The maximum absolute atomic E-state index is 12.8. The van der Waals surface area contributed by atoms with Crippen molar-refractivity contribution in [3.63, 3.8) is 0 Å². The first-order valence-electron chi connectivity index (χ1n) is 10.6. The van der Waals surface area contributed by atoms with Crippen molar-refractivity contribution < 1.29 is 18.8 Å². The molecule has 5 nitrogen and oxygen atoms in total. The zero-order valence-electron chi connectivity index (χ0n) is 17.3. The highest BCUT2D eigenvalue weighted by Gasteiger charge is 2.57. The van der Waals surface area contributed by atoms with Gasteiger partial charge in [0.2, 0.25) is 0 Å². The number of hydrogen-bond donors (Lipinski definition) is 0. The van der Waals surface area contributed by atoms with Gasteiger partial charge in [-0.3, -0.25) is 4.79 Å². The predicted molar refractivity (Wildman–Crippen MR) is 105 cm³/mol. The van der Waals surface area contributed by atoms with Crippen LogP contribution in [-0.2, 0) is 14.0 Å². The number of β-lactam (4-membered cyclic amide) rings is 1. The molecule has 1 heterocycles. The van der Waals surface area contributed by atoms with E-state index < -0.39 is 20.5 Å². The lowest BCUT2D eigenvalue weighted by Crippen LogP contribution is -2.72. The number of carbonyl (C=O) groups is 2. The van der Waals surface area contributed by atoms with Gasteiger partial charge in [0.25, 0.3) is 5.91 Å². The molecule has 2 amide bonds. The molecule has 26 heavy (non-hydrogen) atoms. The van der Waals surface area contributed by atoms with Gasteiger partial charge in [-0.15, -0.1) is 0 Å². The van der Waals surface area contributed by atoms with Crippen LogP contribution < -0.4 is 0 Å². The van der Waals surface area contributed by atoms with E-state index in [1.165, 1.54) is 24.2 Å². The lowest BCUT2D eigenvalue weighted by Gasteiger charge is -2.51. The Labute approximate surface area is 159 Å². The van der Waals surface area contributed by atoms with Crippen molar-refractivity contribution in [3.8, 4) is 0 Å². The summed E-state index contributed by atoms with van der Waals surface area (Å²) < 4.78 is 11.9. The van der Waals surface area contributed by atoms with Gasteiger partial charge in [0.1, 0.15) is 6.10 Å². The second kappa shape index (κ2) is 9.35. The number of rotatable bonds is 8. The number of amides is 2. The SMILES string of the molecule is CC[Si](CC)(CC)OC1C(=O)N(C(=O)OCC(C)C)C1C1CCCCC1. The fraction of sp³-hybridized carbons (Fsp3) is 0.900. The predicted octanol–water partition coefficient (Wildman–Crippen LogP) is 4.96. The molecule has 1 saturated carbocycles. The zero-order valence-corrected chi connectivity index (χ0v) is 18.3. The van der Waals surface area contributed by atoms with Gasteiger partial charge >= 0.3 is 6.09 Å². The van der Waals surface area contributed by atoms with Gasteiger partial charge < -0.3 is 9.16 Å². The molecule has 0 aromatic rings. The molecule has 0 spiro atoms. The Kier molecular flexibility index (Phi) is 7.71. The summed E-state index contributed by atoms with van der Waals surface area (Å²) in [6.45, 7) is 10.9. The van der Waals surface area contributed by atoms with E-state index in [1.807, 2.05) is 13.8 Å². The Balaban J connectivity index is 2.16. The second-order valence-electron chi connectivity index (χ2n) is 8.35. The molecule has 0 aromatic heterocycles. The van der Waals surface area contributed by atoms with Crippen molar-refractivity contribution in [1.29, 1.82) is 0 Å². The third-order valence-corrected chi connectivity index (χ3v) is 10.9. The molecular weight excluding hydrogens is 346 g/mol.